The van der Waals surface area contributed by atoms with Crippen LogP contribution < -0.4 is 4.74 Å². The summed E-state index contributed by atoms with van der Waals surface area (Å²) in [5, 5.41) is 8.55. The summed E-state index contributed by atoms with van der Waals surface area (Å²) in [5.41, 5.74) is 6.29. The molecule has 2 aromatic heterocycles. The van der Waals surface area contributed by atoms with E-state index in [-0.39, 0.29) is 6.04 Å². The molecule has 0 amide bonds. The smallest absolute Gasteiger partial charge is 0.119 e. The number of aromatic amines is 2. The van der Waals surface area contributed by atoms with Crippen LogP contribution in [0.2, 0.25) is 0 Å². The molecule has 27 heavy (non-hydrogen) atoms. The molecule has 0 saturated carbocycles. The van der Waals surface area contributed by atoms with E-state index >= 15 is 0 Å². The first-order valence-electron chi connectivity index (χ1n) is 9.29. The number of rotatable bonds is 4. The molecule has 0 radical (unpaired) electrons. The van der Waals surface area contributed by atoms with Crippen LogP contribution >= 0.6 is 0 Å². The molecule has 1 atom stereocenters. The molecule has 0 spiro atoms. The summed E-state index contributed by atoms with van der Waals surface area (Å²) in [7, 11) is 1.72. The van der Waals surface area contributed by atoms with Crippen LogP contribution in [-0.4, -0.2) is 33.7 Å². The fourth-order valence-electron chi connectivity index (χ4n) is 4.24. The summed E-state index contributed by atoms with van der Waals surface area (Å²) in [4.78, 5) is 6.20. The molecule has 2 N–H and O–H groups in total. The Morgan fingerprint density at radius 2 is 2.07 bits per heavy atom. The molecule has 0 fully saturated rings. The minimum absolute atomic E-state index is 0.152. The van der Waals surface area contributed by atoms with Crippen LogP contribution in [0.15, 0.2) is 60.8 Å². The van der Waals surface area contributed by atoms with Gasteiger partial charge in [-0.1, -0.05) is 30.3 Å². The van der Waals surface area contributed by atoms with Gasteiger partial charge in [0, 0.05) is 41.6 Å². The van der Waals surface area contributed by atoms with E-state index in [0.717, 1.165) is 31.0 Å². The highest BCUT2D eigenvalue weighted by atomic mass is 16.5. The van der Waals surface area contributed by atoms with E-state index in [0.29, 0.717) is 0 Å². The molecular formula is C22H22N4O. The predicted octanol–water partition coefficient (Wildman–Crippen LogP) is 4.05. The average Bonchev–Trinajstić information content (AvgIpc) is 3.35. The highest BCUT2D eigenvalue weighted by molar-refractivity contribution is 5.85. The first-order chi connectivity index (χ1) is 13.3. The van der Waals surface area contributed by atoms with Gasteiger partial charge in [-0.3, -0.25) is 10.00 Å². The van der Waals surface area contributed by atoms with Crippen LogP contribution in [0.4, 0.5) is 0 Å². The molecule has 3 heterocycles. The predicted molar refractivity (Wildman–Crippen MR) is 106 cm³/mol. The number of fused-ring (bicyclic) bond motifs is 3. The van der Waals surface area contributed by atoms with E-state index in [4.69, 9.17) is 4.74 Å². The number of ether oxygens (including phenoxy) is 1. The Morgan fingerprint density at radius 1 is 1.15 bits per heavy atom. The molecule has 4 aromatic rings. The van der Waals surface area contributed by atoms with Crippen molar-refractivity contribution >= 4 is 10.9 Å². The van der Waals surface area contributed by atoms with Crippen molar-refractivity contribution in [3.63, 3.8) is 0 Å². The van der Waals surface area contributed by atoms with E-state index in [1.165, 1.54) is 27.7 Å². The Morgan fingerprint density at radius 3 is 2.93 bits per heavy atom. The maximum atomic E-state index is 5.49. The Bertz CT molecular complexity index is 1070. The van der Waals surface area contributed by atoms with E-state index in [2.05, 4.69) is 62.5 Å². The lowest BCUT2D eigenvalue weighted by atomic mass is 9.92. The van der Waals surface area contributed by atoms with Crippen molar-refractivity contribution in [3.8, 4) is 5.75 Å². The van der Waals surface area contributed by atoms with Crippen molar-refractivity contribution in [2.75, 3.05) is 13.7 Å². The second kappa shape index (κ2) is 6.59. The number of hydrogen-bond donors (Lipinski definition) is 2. The van der Waals surface area contributed by atoms with Crippen molar-refractivity contribution in [2.24, 2.45) is 0 Å². The van der Waals surface area contributed by atoms with Gasteiger partial charge in [-0.15, -0.1) is 0 Å². The minimum atomic E-state index is 0.152. The molecule has 1 aliphatic heterocycles. The van der Waals surface area contributed by atoms with Crippen molar-refractivity contribution in [1.82, 2.24) is 20.1 Å². The molecule has 0 bridgehead atoms. The minimum Gasteiger partial charge on any atom is -0.497 e. The molecule has 1 aliphatic rings. The number of nitrogens with zero attached hydrogens (tertiary/aromatic N) is 2. The van der Waals surface area contributed by atoms with Gasteiger partial charge in [0.2, 0.25) is 0 Å². The standard InChI is InChI=1S/C22H22N4O/c1-27-17-6-4-5-15(13-17)22-21-19(18-7-2-3-8-20(18)24-21)10-12-26(22)14-16-9-11-23-25-16/h2-9,11,13,22,24H,10,12,14H2,1H3,(H,23,25)/t22-/m0/s1. The third-order valence-electron chi connectivity index (χ3n) is 5.48. The van der Waals surface area contributed by atoms with Gasteiger partial charge >= 0.3 is 0 Å². The van der Waals surface area contributed by atoms with E-state index in [1.54, 1.807) is 7.11 Å². The Balaban J connectivity index is 1.64. The van der Waals surface area contributed by atoms with Gasteiger partial charge in [0.1, 0.15) is 5.75 Å². The molecule has 0 saturated heterocycles. The molecule has 5 heteroatoms. The monoisotopic (exact) mass is 358 g/mol. The maximum absolute atomic E-state index is 5.49. The number of nitrogens with one attached hydrogen (secondary N) is 2. The van der Waals surface area contributed by atoms with Gasteiger partial charge in [-0.05, 0) is 41.8 Å². The molecule has 0 aliphatic carbocycles. The fourth-order valence-corrected chi connectivity index (χ4v) is 4.24. The van der Waals surface area contributed by atoms with Crippen molar-refractivity contribution in [3.05, 3.63) is 83.3 Å². The Kier molecular flexibility index (Phi) is 3.94. The van der Waals surface area contributed by atoms with Crippen LogP contribution in [0.3, 0.4) is 0 Å². The topological polar surface area (TPSA) is 56.9 Å². The fraction of sp³-hybridized carbons (Fsp3) is 0.227. The first kappa shape index (κ1) is 16.1. The second-order valence-electron chi connectivity index (χ2n) is 7.04. The lowest BCUT2D eigenvalue weighted by Crippen LogP contribution is -2.35. The van der Waals surface area contributed by atoms with Crippen LogP contribution in [-0.2, 0) is 13.0 Å². The number of para-hydroxylation sites is 1. The summed E-state index contributed by atoms with van der Waals surface area (Å²) in [6.07, 6.45) is 2.85. The van der Waals surface area contributed by atoms with Crippen LogP contribution in [0, 0.1) is 0 Å². The highest BCUT2D eigenvalue weighted by Crippen LogP contribution is 2.39. The number of benzene rings is 2. The SMILES string of the molecule is COc1cccc([C@H]2c3[nH]c4ccccc4c3CCN2Cc2ccn[nH]2)c1. The third-order valence-corrected chi connectivity index (χ3v) is 5.48. The summed E-state index contributed by atoms with van der Waals surface area (Å²) >= 11 is 0. The molecule has 136 valence electrons. The largest absolute Gasteiger partial charge is 0.497 e. The summed E-state index contributed by atoms with van der Waals surface area (Å²) in [6, 6.07) is 19.2. The molecular weight excluding hydrogens is 336 g/mol. The lowest BCUT2D eigenvalue weighted by Gasteiger charge is -2.36. The Hall–Kier alpha value is -3.05. The second-order valence-corrected chi connectivity index (χ2v) is 7.04. The number of hydrogen-bond acceptors (Lipinski definition) is 3. The zero-order valence-corrected chi connectivity index (χ0v) is 15.3. The van der Waals surface area contributed by atoms with E-state index < -0.39 is 0 Å². The molecule has 2 aromatic carbocycles. The Labute approximate surface area is 158 Å². The van der Waals surface area contributed by atoms with Gasteiger partial charge < -0.3 is 9.72 Å². The zero-order valence-electron chi connectivity index (χ0n) is 15.3. The van der Waals surface area contributed by atoms with Crippen LogP contribution in [0.25, 0.3) is 10.9 Å². The summed E-state index contributed by atoms with van der Waals surface area (Å²) in [6.45, 7) is 1.83. The van der Waals surface area contributed by atoms with Crippen molar-refractivity contribution in [2.45, 2.75) is 19.0 Å². The number of aromatic nitrogens is 3. The van der Waals surface area contributed by atoms with Gasteiger partial charge in [0.15, 0.2) is 0 Å². The average molecular weight is 358 g/mol. The van der Waals surface area contributed by atoms with Gasteiger partial charge in [-0.2, -0.15) is 5.10 Å². The van der Waals surface area contributed by atoms with Crippen molar-refractivity contribution < 1.29 is 4.74 Å². The lowest BCUT2D eigenvalue weighted by molar-refractivity contribution is 0.199. The highest BCUT2D eigenvalue weighted by Gasteiger charge is 2.32. The number of methoxy groups -OCH3 is 1. The van der Waals surface area contributed by atoms with E-state index in [9.17, 15) is 0 Å². The maximum Gasteiger partial charge on any atom is 0.119 e. The molecule has 5 rings (SSSR count). The third kappa shape index (κ3) is 2.80. The normalized spacial score (nSPS) is 17.1. The quantitative estimate of drug-likeness (QED) is 0.579. The summed E-state index contributed by atoms with van der Waals surface area (Å²) in [5.74, 6) is 0.886. The molecule has 0 unspecified atom stereocenters. The van der Waals surface area contributed by atoms with Gasteiger partial charge in [0.25, 0.3) is 0 Å². The zero-order chi connectivity index (χ0) is 18.2. The first-order valence-corrected chi connectivity index (χ1v) is 9.29. The van der Waals surface area contributed by atoms with E-state index in [1.807, 2.05) is 18.3 Å². The van der Waals surface area contributed by atoms with Crippen molar-refractivity contribution in [1.29, 1.82) is 0 Å². The number of H-pyrrole nitrogens is 2. The van der Waals surface area contributed by atoms with Gasteiger partial charge in [-0.25, -0.2) is 0 Å². The van der Waals surface area contributed by atoms with Gasteiger partial charge in [0.05, 0.1) is 13.2 Å². The summed E-state index contributed by atoms with van der Waals surface area (Å²) < 4.78 is 5.49. The van der Waals surface area contributed by atoms with Crippen LogP contribution in [0.1, 0.15) is 28.6 Å². The molecule has 5 nitrogen and oxygen atoms in total. The van der Waals surface area contributed by atoms with Crippen LogP contribution in [0.5, 0.6) is 5.75 Å².